The third kappa shape index (κ3) is 4.92. The van der Waals surface area contributed by atoms with Crippen LogP contribution in [0.15, 0.2) is 59.5 Å². The van der Waals surface area contributed by atoms with Crippen LogP contribution in [0.2, 0.25) is 0 Å². The van der Waals surface area contributed by atoms with Crippen LogP contribution in [0.5, 0.6) is 0 Å². The van der Waals surface area contributed by atoms with E-state index in [0.717, 1.165) is 54.5 Å². The van der Waals surface area contributed by atoms with Crippen molar-refractivity contribution in [3.63, 3.8) is 0 Å². The molecule has 9 nitrogen and oxygen atoms in total. The Balaban J connectivity index is 1.45. The number of nitrogens with zero attached hydrogens (tertiary/aromatic N) is 3. The van der Waals surface area contributed by atoms with E-state index in [2.05, 4.69) is 10.6 Å². The van der Waals surface area contributed by atoms with Gasteiger partial charge >= 0.3 is 0 Å². The van der Waals surface area contributed by atoms with Crippen molar-refractivity contribution in [1.29, 1.82) is 5.41 Å². The molecular weight excluding hydrogens is 548 g/mol. The Kier molecular flexibility index (Phi) is 7.47. The minimum absolute atomic E-state index is 0.0186. The molecule has 2 amide bonds. The van der Waals surface area contributed by atoms with Crippen molar-refractivity contribution < 1.29 is 9.59 Å². The topological polar surface area (TPSA) is 121 Å². The molecule has 4 heterocycles. The number of carbonyl (C=O) groups excluding carboxylic acids is 2. The lowest BCUT2D eigenvalue weighted by atomic mass is 9.95. The molecule has 0 spiro atoms. The summed E-state index contributed by atoms with van der Waals surface area (Å²) in [4.78, 5) is 46.9. The normalized spacial score (nSPS) is 12.8. The first kappa shape index (κ1) is 27.6. The zero-order valence-electron chi connectivity index (χ0n) is 23.6. The summed E-state index contributed by atoms with van der Waals surface area (Å²) >= 11 is 1.42. The fraction of sp³-hybridized carbons (Fsp3) is 0.281. The van der Waals surface area contributed by atoms with Crippen LogP contribution in [0.1, 0.15) is 69.3 Å². The molecule has 4 aromatic heterocycles. The molecule has 1 aliphatic carbocycles. The van der Waals surface area contributed by atoms with Crippen LogP contribution >= 0.6 is 11.3 Å². The van der Waals surface area contributed by atoms with Gasteiger partial charge in [0.15, 0.2) is 0 Å². The van der Waals surface area contributed by atoms with Gasteiger partial charge in [0.25, 0.3) is 17.4 Å². The number of hydrogen-bond donors (Lipinski definition) is 3. The van der Waals surface area contributed by atoms with Gasteiger partial charge in [-0.25, -0.2) is 4.98 Å². The summed E-state index contributed by atoms with van der Waals surface area (Å²) in [5, 5.41) is 15.7. The second-order valence-corrected chi connectivity index (χ2v) is 11.7. The average Bonchev–Trinajstić information content (AvgIpc) is 3.35. The highest BCUT2D eigenvalue weighted by Crippen LogP contribution is 2.38. The van der Waals surface area contributed by atoms with Crippen LogP contribution in [0.3, 0.4) is 0 Å². The maximum absolute atomic E-state index is 13.9. The highest BCUT2D eigenvalue weighted by molar-refractivity contribution is 7.17. The van der Waals surface area contributed by atoms with E-state index in [4.69, 9.17) is 10.4 Å². The lowest BCUT2D eigenvalue weighted by molar-refractivity contribution is 0.102. The number of pyridine rings is 2. The van der Waals surface area contributed by atoms with Crippen molar-refractivity contribution in [2.45, 2.75) is 58.9 Å². The van der Waals surface area contributed by atoms with Crippen molar-refractivity contribution in [2.24, 2.45) is 0 Å². The first-order valence-corrected chi connectivity index (χ1v) is 15.1. The van der Waals surface area contributed by atoms with Crippen molar-refractivity contribution >= 4 is 50.5 Å². The Morgan fingerprint density at radius 1 is 1.02 bits per heavy atom. The molecule has 3 N–H and O–H groups in total. The maximum Gasteiger partial charge on any atom is 0.267 e. The number of unbranched alkanes of at least 4 members (excludes halogenated alkanes) is 1. The minimum atomic E-state index is -0.534. The van der Waals surface area contributed by atoms with Crippen LogP contribution in [0.4, 0.5) is 10.7 Å². The van der Waals surface area contributed by atoms with E-state index in [9.17, 15) is 14.4 Å². The van der Waals surface area contributed by atoms with Crippen LogP contribution < -0.4 is 21.7 Å². The molecule has 0 saturated heterocycles. The highest BCUT2D eigenvalue weighted by atomic mass is 32.1. The highest BCUT2D eigenvalue weighted by Gasteiger charge is 2.27. The maximum atomic E-state index is 13.9. The largest absolute Gasteiger partial charge is 0.322 e. The molecule has 42 heavy (non-hydrogen) atoms. The predicted molar refractivity (Wildman–Crippen MR) is 166 cm³/mol. The number of fused-ring (bicyclic) bond motifs is 3. The molecule has 0 unspecified atom stereocenters. The molecule has 1 aliphatic rings. The van der Waals surface area contributed by atoms with Gasteiger partial charge in [-0.05, 0) is 74.4 Å². The van der Waals surface area contributed by atoms with Crippen LogP contribution in [-0.2, 0) is 19.4 Å². The van der Waals surface area contributed by atoms with Crippen molar-refractivity contribution in [3.8, 4) is 0 Å². The van der Waals surface area contributed by atoms with E-state index in [-0.39, 0.29) is 27.9 Å². The van der Waals surface area contributed by atoms with Gasteiger partial charge in [-0.1, -0.05) is 37.6 Å². The first-order chi connectivity index (χ1) is 20.4. The molecular formula is C32H32N6O3S. The summed E-state index contributed by atoms with van der Waals surface area (Å²) in [6, 6.07) is 14.4. The average molecular weight is 581 g/mol. The monoisotopic (exact) mass is 580 g/mol. The number of rotatable bonds is 7. The summed E-state index contributed by atoms with van der Waals surface area (Å²) in [6.45, 7) is 4.38. The van der Waals surface area contributed by atoms with E-state index in [1.54, 1.807) is 16.8 Å². The SMILES string of the molecule is CCCCn1c(=N)c(C(=O)Nc2sc3c(c2C(=O)Nc2ccccc2)CCCC3)cc2c(=O)n3cccc(C)c3nc21. The number of carbonyl (C=O) groups is 2. The second kappa shape index (κ2) is 11.4. The number of thiophene rings is 1. The minimum Gasteiger partial charge on any atom is -0.322 e. The van der Waals surface area contributed by atoms with Gasteiger partial charge in [-0.15, -0.1) is 11.3 Å². The van der Waals surface area contributed by atoms with Crippen LogP contribution in [-0.4, -0.2) is 25.8 Å². The van der Waals surface area contributed by atoms with Crippen molar-refractivity contribution in [3.05, 3.63) is 97.7 Å². The molecule has 0 aliphatic heterocycles. The Bertz CT molecular complexity index is 1970. The van der Waals surface area contributed by atoms with Gasteiger partial charge in [0.05, 0.1) is 16.5 Å². The first-order valence-electron chi connectivity index (χ1n) is 14.3. The summed E-state index contributed by atoms with van der Waals surface area (Å²) < 4.78 is 3.14. The molecule has 0 atom stereocenters. The molecule has 6 rings (SSSR count). The zero-order valence-corrected chi connectivity index (χ0v) is 24.4. The number of aryl methyl sites for hydroxylation is 3. The number of anilines is 2. The number of benzene rings is 1. The third-order valence-corrected chi connectivity index (χ3v) is 8.98. The summed E-state index contributed by atoms with van der Waals surface area (Å²) in [5.41, 5.74) is 3.62. The molecule has 214 valence electrons. The number of amides is 2. The molecule has 1 aromatic carbocycles. The van der Waals surface area contributed by atoms with Gasteiger partial charge < -0.3 is 15.2 Å². The quantitative estimate of drug-likeness (QED) is 0.214. The molecule has 0 saturated carbocycles. The fourth-order valence-corrected chi connectivity index (χ4v) is 6.86. The lowest BCUT2D eigenvalue weighted by Crippen LogP contribution is -2.32. The summed E-state index contributed by atoms with van der Waals surface area (Å²) in [6.07, 6.45) is 6.92. The molecule has 0 bridgehead atoms. The van der Waals surface area contributed by atoms with Crippen LogP contribution in [0.25, 0.3) is 16.7 Å². The van der Waals surface area contributed by atoms with Gasteiger partial charge in [0.1, 0.15) is 21.8 Å². The van der Waals surface area contributed by atoms with E-state index in [1.807, 2.05) is 50.2 Å². The Morgan fingerprint density at radius 3 is 2.60 bits per heavy atom. The van der Waals surface area contributed by atoms with Crippen LogP contribution in [0, 0.1) is 12.3 Å². The van der Waals surface area contributed by atoms with E-state index in [0.29, 0.717) is 34.1 Å². The van der Waals surface area contributed by atoms with Gasteiger partial charge in [-0.3, -0.25) is 24.2 Å². The van der Waals surface area contributed by atoms with Gasteiger partial charge in [-0.2, -0.15) is 0 Å². The van der Waals surface area contributed by atoms with E-state index in [1.165, 1.54) is 21.8 Å². The Labute approximate surface area is 246 Å². The number of nitrogens with one attached hydrogen (secondary N) is 3. The number of para-hydroxylation sites is 1. The fourth-order valence-electron chi connectivity index (χ4n) is 5.58. The van der Waals surface area contributed by atoms with Crippen molar-refractivity contribution in [1.82, 2.24) is 14.0 Å². The molecule has 0 fully saturated rings. The lowest BCUT2D eigenvalue weighted by Gasteiger charge is -2.15. The van der Waals surface area contributed by atoms with E-state index >= 15 is 0 Å². The van der Waals surface area contributed by atoms with Crippen molar-refractivity contribution in [2.75, 3.05) is 10.6 Å². The standard InChI is InChI=1S/C32H32N6O3S/c1-3-4-16-37-26(33)22(18-23-28(37)35-27-19(2)11-10-17-38(27)32(23)41)29(39)36-31-25(21-14-8-9-15-24(21)42-31)30(40)34-20-12-6-5-7-13-20/h5-7,10-13,17-18,33H,3-4,8-9,14-16H2,1-2H3,(H,34,40)(H,36,39). The third-order valence-electron chi connectivity index (χ3n) is 7.77. The molecule has 5 aromatic rings. The smallest absolute Gasteiger partial charge is 0.267 e. The Morgan fingerprint density at radius 2 is 1.81 bits per heavy atom. The Hall–Kier alpha value is -4.57. The number of aromatic nitrogens is 3. The van der Waals surface area contributed by atoms with Gasteiger partial charge in [0.2, 0.25) is 0 Å². The zero-order chi connectivity index (χ0) is 29.4. The second-order valence-electron chi connectivity index (χ2n) is 10.6. The summed E-state index contributed by atoms with van der Waals surface area (Å²) in [5.74, 6) is -0.809. The molecule has 0 radical (unpaired) electrons. The van der Waals surface area contributed by atoms with Gasteiger partial charge in [0, 0.05) is 23.3 Å². The predicted octanol–water partition coefficient (Wildman–Crippen LogP) is 5.68. The molecule has 10 heteroatoms. The number of hydrogen-bond acceptors (Lipinski definition) is 6. The summed E-state index contributed by atoms with van der Waals surface area (Å²) in [7, 11) is 0. The van der Waals surface area contributed by atoms with E-state index < -0.39 is 5.91 Å².